The van der Waals surface area contributed by atoms with Gasteiger partial charge in [0.1, 0.15) is 0 Å². The third-order valence-corrected chi connectivity index (χ3v) is 5.53. The Bertz CT molecular complexity index is 564. The highest BCUT2D eigenvalue weighted by atomic mass is 35.5. The molecule has 3 nitrogen and oxygen atoms in total. The van der Waals surface area contributed by atoms with Gasteiger partial charge in [0.05, 0.1) is 0 Å². The molecule has 1 aromatic rings. The molecule has 1 spiro atoms. The zero-order valence-corrected chi connectivity index (χ0v) is 14.2. The van der Waals surface area contributed by atoms with Gasteiger partial charge in [0.15, 0.2) is 0 Å². The van der Waals surface area contributed by atoms with Gasteiger partial charge < -0.3 is 10.6 Å². The molecular weight excluding hydrogens is 296 g/mol. The van der Waals surface area contributed by atoms with Crippen LogP contribution in [0.2, 0.25) is 5.02 Å². The van der Waals surface area contributed by atoms with Crippen LogP contribution in [-0.2, 0) is 11.2 Å². The summed E-state index contributed by atoms with van der Waals surface area (Å²) in [4.78, 5) is 12.6. The predicted molar refractivity (Wildman–Crippen MR) is 90.0 cm³/mol. The molecule has 1 aliphatic heterocycles. The second-order valence-corrected chi connectivity index (χ2v) is 7.92. The molecule has 2 N–H and O–H groups in total. The van der Waals surface area contributed by atoms with Crippen LogP contribution in [0.3, 0.4) is 0 Å². The minimum Gasteiger partial charge on any atom is -0.351 e. The number of nitrogens with one attached hydrogen (secondary N) is 2. The summed E-state index contributed by atoms with van der Waals surface area (Å²) >= 11 is 6.24. The fourth-order valence-electron chi connectivity index (χ4n) is 3.78. The molecule has 1 amide bonds. The first-order valence-corrected chi connectivity index (χ1v) is 8.56. The Hall–Kier alpha value is -1.06. The first-order chi connectivity index (χ1) is 10.4. The summed E-state index contributed by atoms with van der Waals surface area (Å²) in [5.74, 6) is 0.430. The summed E-state index contributed by atoms with van der Waals surface area (Å²) in [5, 5.41) is 7.40. The Balaban J connectivity index is 1.60. The van der Waals surface area contributed by atoms with Crippen molar-refractivity contribution in [2.24, 2.45) is 11.3 Å². The lowest BCUT2D eigenvalue weighted by Crippen LogP contribution is -2.46. The van der Waals surface area contributed by atoms with Gasteiger partial charge >= 0.3 is 0 Å². The van der Waals surface area contributed by atoms with Crippen LogP contribution < -0.4 is 10.6 Å². The van der Waals surface area contributed by atoms with Crippen molar-refractivity contribution in [1.29, 1.82) is 0 Å². The standard InChI is InChI=1S/C18H25ClN2O/c1-17(2,11-13-5-3-4-6-15(13)19)21-16(22)14-12-18(14)7-9-20-10-8-18/h3-6,14,20H,7-12H2,1-2H3,(H,21,22). The quantitative estimate of drug-likeness (QED) is 0.894. The molecular formula is C18H25ClN2O. The molecule has 120 valence electrons. The maximum atomic E-state index is 12.6. The molecule has 3 rings (SSSR count). The van der Waals surface area contributed by atoms with Crippen LogP contribution in [0.1, 0.15) is 38.7 Å². The second kappa shape index (κ2) is 5.86. The van der Waals surface area contributed by atoms with E-state index in [9.17, 15) is 4.79 Å². The minimum atomic E-state index is -0.279. The van der Waals surface area contributed by atoms with Gasteiger partial charge in [-0.15, -0.1) is 0 Å². The Morgan fingerprint density at radius 1 is 1.36 bits per heavy atom. The molecule has 22 heavy (non-hydrogen) atoms. The van der Waals surface area contributed by atoms with Gasteiger partial charge in [-0.2, -0.15) is 0 Å². The van der Waals surface area contributed by atoms with Crippen molar-refractivity contribution < 1.29 is 4.79 Å². The van der Waals surface area contributed by atoms with Crippen LogP contribution in [0.25, 0.3) is 0 Å². The Labute approximate surface area is 137 Å². The summed E-state index contributed by atoms with van der Waals surface area (Å²) in [7, 11) is 0. The average molecular weight is 321 g/mol. The molecule has 2 fully saturated rings. The molecule has 0 aromatic heterocycles. The lowest BCUT2D eigenvalue weighted by atomic mass is 9.90. The predicted octanol–water partition coefficient (Wildman–Crippen LogP) is 3.17. The fourth-order valence-corrected chi connectivity index (χ4v) is 3.98. The van der Waals surface area contributed by atoms with Crippen LogP contribution >= 0.6 is 11.6 Å². The zero-order valence-electron chi connectivity index (χ0n) is 13.4. The minimum absolute atomic E-state index is 0.208. The van der Waals surface area contributed by atoms with E-state index >= 15 is 0 Å². The summed E-state index contributed by atoms with van der Waals surface area (Å²) in [6.45, 7) is 6.25. The molecule has 1 saturated heterocycles. The van der Waals surface area contributed by atoms with E-state index in [2.05, 4.69) is 24.5 Å². The first kappa shape index (κ1) is 15.8. The third kappa shape index (κ3) is 3.31. The number of piperidine rings is 1. The van der Waals surface area contributed by atoms with Crippen molar-refractivity contribution in [2.45, 2.75) is 45.1 Å². The molecule has 2 aliphatic rings. The highest BCUT2D eigenvalue weighted by Gasteiger charge is 2.58. The number of halogens is 1. The molecule has 0 bridgehead atoms. The van der Waals surface area contributed by atoms with Crippen molar-refractivity contribution in [2.75, 3.05) is 13.1 Å². The van der Waals surface area contributed by atoms with Crippen molar-refractivity contribution in [3.63, 3.8) is 0 Å². The lowest BCUT2D eigenvalue weighted by molar-refractivity contribution is -0.124. The van der Waals surface area contributed by atoms with Crippen LogP contribution in [0.4, 0.5) is 0 Å². The van der Waals surface area contributed by atoms with E-state index < -0.39 is 0 Å². The first-order valence-electron chi connectivity index (χ1n) is 8.18. The molecule has 4 heteroatoms. The van der Waals surface area contributed by atoms with E-state index in [1.807, 2.05) is 24.3 Å². The van der Waals surface area contributed by atoms with E-state index in [0.29, 0.717) is 0 Å². The van der Waals surface area contributed by atoms with Crippen molar-refractivity contribution >= 4 is 17.5 Å². The molecule has 1 heterocycles. The van der Waals surface area contributed by atoms with Crippen LogP contribution in [0, 0.1) is 11.3 Å². The number of hydrogen-bond donors (Lipinski definition) is 2. The van der Waals surface area contributed by atoms with Crippen molar-refractivity contribution in [3.05, 3.63) is 34.9 Å². The van der Waals surface area contributed by atoms with Crippen molar-refractivity contribution in [3.8, 4) is 0 Å². The van der Waals surface area contributed by atoms with Gasteiger partial charge in [-0.3, -0.25) is 4.79 Å². The number of rotatable bonds is 4. The van der Waals surface area contributed by atoms with E-state index in [0.717, 1.165) is 49.4 Å². The number of carbonyl (C=O) groups is 1. The van der Waals surface area contributed by atoms with Gasteiger partial charge in [-0.25, -0.2) is 0 Å². The fraction of sp³-hybridized carbons (Fsp3) is 0.611. The molecule has 1 atom stereocenters. The van der Waals surface area contributed by atoms with Gasteiger partial charge in [-0.05, 0) is 69.7 Å². The van der Waals surface area contributed by atoms with Gasteiger partial charge in [-0.1, -0.05) is 29.8 Å². The summed E-state index contributed by atoms with van der Waals surface area (Å²) in [6.07, 6.45) is 4.08. The molecule has 1 saturated carbocycles. The number of carbonyl (C=O) groups excluding carboxylic acids is 1. The van der Waals surface area contributed by atoms with Gasteiger partial charge in [0.25, 0.3) is 0 Å². The highest BCUT2D eigenvalue weighted by Crippen LogP contribution is 2.58. The van der Waals surface area contributed by atoms with E-state index in [4.69, 9.17) is 11.6 Å². The van der Waals surface area contributed by atoms with Crippen LogP contribution in [-0.4, -0.2) is 24.5 Å². The number of amides is 1. The molecule has 1 aliphatic carbocycles. The molecule has 1 unspecified atom stereocenters. The largest absolute Gasteiger partial charge is 0.351 e. The van der Waals surface area contributed by atoms with Crippen LogP contribution in [0.15, 0.2) is 24.3 Å². The van der Waals surface area contributed by atoms with Gasteiger partial charge in [0.2, 0.25) is 5.91 Å². The molecule has 0 radical (unpaired) electrons. The lowest BCUT2D eigenvalue weighted by Gasteiger charge is -2.29. The normalized spacial score (nSPS) is 23.3. The third-order valence-electron chi connectivity index (χ3n) is 5.16. The maximum Gasteiger partial charge on any atom is 0.224 e. The van der Waals surface area contributed by atoms with Gasteiger partial charge in [0, 0.05) is 16.5 Å². The number of benzene rings is 1. The second-order valence-electron chi connectivity index (χ2n) is 7.51. The van der Waals surface area contributed by atoms with E-state index in [1.165, 1.54) is 0 Å². The Morgan fingerprint density at radius 3 is 2.73 bits per heavy atom. The zero-order chi connectivity index (χ0) is 15.8. The smallest absolute Gasteiger partial charge is 0.224 e. The van der Waals surface area contributed by atoms with E-state index in [1.54, 1.807) is 0 Å². The topological polar surface area (TPSA) is 41.1 Å². The Kier molecular flexibility index (Phi) is 4.21. The summed E-state index contributed by atoms with van der Waals surface area (Å²) in [6, 6.07) is 7.86. The maximum absolute atomic E-state index is 12.6. The highest BCUT2D eigenvalue weighted by molar-refractivity contribution is 6.31. The molecule has 1 aromatic carbocycles. The monoisotopic (exact) mass is 320 g/mol. The van der Waals surface area contributed by atoms with Crippen LogP contribution in [0.5, 0.6) is 0 Å². The summed E-state index contributed by atoms with van der Waals surface area (Å²) in [5.41, 5.74) is 1.09. The summed E-state index contributed by atoms with van der Waals surface area (Å²) < 4.78 is 0. The average Bonchev–Trinajstić information content (AvgIpc) is 3.15. The van der Waals surface area contributed by atoms with Crippen molar-refractivity contribution in [1.82, 2.24) is 10.6 Å². The SMILES string of the molecule is CC(C)(Cc1ccccc1Cl)NC(=O)C1CC12CCNCC2. The Morgan fingerprint density at radius 2 is 2.05 bits per heavy atom. The number of hydrogen-bond acceptors (Lipinski definition) is 2. The van der Waals surface area contributed by atoms with E-state index in [-0.39, 0.29) is 22.8 Å².